The lowest BCUT2D eigenvalue weighted by atomic mass is 10.1. The average Bonchev–Trinajstić information content (AvgIpc) is 2.39. The van der Waals surface area contributed by atoms with Crippen LogP contribution in [0.25, 0.3) is 22.0 Å². The van der Waals surface area contributed by atoms with Crippen molar-refractivity contribution in [1.82, 2.24) is 4.98 Å². The lowest BCUT2D eigenvalue weighted by Gasteiger charge is -2.05. The number of benzene rings is 2. The van der Waals surface area contributed by atoms with Gasteiger partial charge < -0.3 is 4.98 Å². The van der Waals surface area contributed by atoms with Crippen molar-refractivity contribution >= 4 is 34.1 Å². The molecule has 0 spiro atoms. The van der Waals surface area contributed by atoms with Crippen molar-refractivity contribution in [3.05, 3.63) is 68.9 Å². The van der Waals surface area contributed by atoms with Crippen LogP contribution in [-0.2, 0) is 0 Å². The molecule has 94 valence electrons. The summed E-state index contributed by atoms with van der Waals surface area (Å²) in [6, 6.07) is 14.4. The number of H-pyrrole nitrogens is 1. The zero-order valence-electron chi connectivity index (χ0n) is 9.78. The third kappa shape index (κ3) is 2.25. The molecule has 0 amide bonds. The molecule has 1 aromatic heterocycles. The number of rotatable bonds is 1. The number of pyridine rings is 1. The van der Waals surface area contributed by atoms with E-state index in [4.69, 9.17) is 23.2 Å². The maximum absolute atomic E-state index is 12.1. The Bertz CT molecular complexity index is 824. The van der Waals surface area contributed by atoms with Crippen LogP contribution in [0, 0.1) is 0 Å². The summed E-state index contributed by atoms with van der Waals surface area (Å²) in [5.41, 5.74) is 1.85. The fourth-order valence-corrected chi connectivity index (χ4v) is 2.48. The summed E-state index contributed by atoms with van der Waals surface area (Å²) in [5, 5.41) is 2.06. The van der Waals surface area contributed by atoms with Crippen LogP contribution >= 0.6 is 23.2 Å². The summed E-state index contributed by atoms with van der Waals surface area (Å²) >= 11 is 12.1. The highest BCUT2D eigenvalue weighted by molar-refractivity contribution is 6.33. The highest BCUT2D eigenvalue weighted by Gasteiger charge is 2.08. The highest BCUT2D eigenvalue weighted by Crippen LogP contribution is 2.27. The largest absolute Gasteiger partial charge is 0.321 e. The molecule has 3 rings (SSSR count). The zero-order chi connectivity index (χ0) is 13.4. The van der Waals surface area contributed by atoms with E-state index in [9.17, 15) is 4.79 Å². The van der Waals surface area contributed by atoms with Gasteiger partial charge in [0.15, 0.2) is 0 Å². The van der Waals surface area contributed by atoms with E-state index in [1.807, 2.05) is 24.3 Å². The van der Waals surface area contributed by atoms with Crippen LogP contribution in [0.4, 0.5) is 0 Å². The van der Waals surface area contributed by atoms with E-state index >= 15 is 0 Å². The molecule has 0 unspecified atom stereocenters. The molecule has 0 bridgehead atoms. The van der Waals surface area contributed by atoms with Gasteiger partial charge in [0.05, 0.1) is 0 Å². The van der Waals surface area contributed by atoms with Crippen LogP contribution in [0.15, 0.2) is 53.3 Å². The molecule has 1 heterocycles. The highest BCUT2D eigenvalue weighted by atomic mass is 35.5. The topological polar surface area (TPSA) is 32.9 Å². The minimum Gasteiger partial charge on any atom is -0.321 e. The second-order valence-electron chi connectivity index (χ2n) is 4.22. The first-order valence-electron chi connectivity index (χ1n) is 5.72. The summed E-state index contributed by atoms with van der Waals surface area (Å²) in [6.07, 6.45) is 0. The third-order valence-electron chi connectivity index (χ3n) is 2.97. The molecule has 2 aromatic carbocycles. The maximum atomic E-state index is 12.1. The number of nitrogens with one attached hydrogen (secondary N) is 1. The van der Waals surface area contributed by atoms with Gasteiger partial charge in [-0.15, -0.1) is 0 Å². The predicted molar refractivity (Wildman–Crippen MR) is 80.0 cm³/mol. The molecule has 1 N–H and O–H groups in total. The molecule has 4 heteroatoms. The first kappa shape index (κ1) is 12.3. The Hall–Kier alpha value is -1.77. The molecular weight excluding hydrogens is 281 g/mol. The number of aromatic nitrogens is 1. The molecule has 2 nitrogen and oxygen atoms in total. The Kier molecular flexibility index (Phi) is 3.05. The zero-order valence-corrected chi connectivity index (χ0v) is 11.3. The Morgan fingerprint density at radius 1 is 0.895 bits per heavy atom. The van der Waals surface area contributed by atoms with Crippen LogP contribution in [-0.4, -0.2) is 4.98 Å². The molecule has 0 aliphatic heterocycles. The molecule has 0 radical (unpaired) electrons. The first-order chi connectivity index (χ1) is 9.15. The number of hydrogen-bond donors (Lipinski definition) is 1. The van der Waals surface area contributed by atoms with E-state index in [0.29, 0.717) is 21.2 Å². The van der Waals surface area contributed by atoms with E-state index in [-0.39, 0.29) is 5.56 Å². The van der Waals surface area contributed by atoms with Gasteiger partial charge >= 0.3 is 0 Å². The first-order valence-corrected chi connectivity index (χ1v) is 6.48. The van der Waals surface area contributed by atoms with Crippen molar-refractivity contribution in [1.29, 1.82) is 0 Å². The standard InChI is InChI=1S/C15H9Cl2NO/c16-10-5-6-14-9(7-10)8-12(15(19)18-14)11-3-1-2-4-13(11)17/h1-8H,(H,18,19). The monoisotopic (exact) mass is 289 g/mol. The Balaban J connectivity index is 2.33. The van der Waals surface area contributed by atoms with Crippen molar-refractivity contribution in [3.63, 3.8) is 0 Å². The van der Waals surface area contributed by atoms with Crippen molar-refractivity contribution in [3.8, 4) is 11.1 Å². The van der Waals surface area contributed by atoms with E-state index in [1.54, 1.807) is 24.3 Å². The van der Waals surface area contributed by atoms with Gasteiger partial charge in [-0.05, 0) is 30.3 Å². The molecule has 0 aliphatic carbocycles. The van der Waals surface area contributed by atoms with Crippen LogP contribution in [0.1, 0.15) is 0 Å². The van der Waals surface area contributed by atoms with E-state index in [0.717, 1.165) is 10.9 Å². The number of fused-ring (bicyclic) bond motifs is 1. The maximum Gasteiger partial charge on any atom is 0.256 e. The van der Waals surface area contributed by atoms with Crippen molar-refractivity contribution < 1.29 is 0 Å². The molecule has 0 saturated carbocycles. The molecule has 0 aliphatic rings. The molecular formula is C15H9Cl2NO. The average molecular weight is 290 g/mol. The number of aromatic amines is 1. The van der Waals surface area contributed by atoms with E-state index in [2.05, 4.69) is 4.98 Å². The summed E-state index contributed by atoms with van der Waals surface area (Å²) in [5.74, 6) is 0. The fraction of sp³-hybridized carbons (Fsp3) is 0. The van der Waals surface area contributed by atoms with Gasteiger partial charge in [-0.3, -0.25) is 4.79 Å². The normalized spacial score (nSPS) is 10.8. The van der Waals surface area contributed by atoms with Gasteiger partial charge in [-0.1, -0.05) is 41.4 Å². The van der Waals surface area contributed by atoms with Crippen LogP contribution < -0.4 is 5.56 Å². The van der Waals surface area contributed by atoms with Crippen LogP contribution in [0.2, 0.25) is 10.0 Å². The summed E-state index contributed by atoms with van der Waals surface area (Å²) in [6.45, 7) is 0. The number of halogens is 2. The minimum absolute atomic E-state index is 0.164. The predicted octanol–water partition coefficient (Wildman–Crippen LogP) is 4.50. The van der Waals surface area contributed by atoms with Crippen molar-refractivity contribution in [2.75, 3.05) is 0 Å². The molecule has 0 fully saturated rings. The smallest absolute Gasteiger partial charge is 0.256 e. The summed E-state index contributed by atoms with van der Waals surface area (Å²) in [4.78, 5) is 15.0. The lowest BCUT2D eigenvalue weighted by molar-refractivity contribution is 1.31. The second kappa shape index (κ2) is 4.72. The molecule has 0 atom stereocenters. The third-order valence-corrected chi connectivity index (χ3v) is 3.53. The van der Waals surface area contributed by atoms with Crippen molar-refractivity contribution in [2.24, 2.45) is 0 Å². The van der Waals surface area contributed by atoms with Gasteiger partial charge in [0.1, 0.15) is 0 Å². The van der Waals surface area contributed by atoms with Gasteiger partial charge in [0.25, 0.3) is 5.56 Å². The quantitative estimate of drug-likeness (QED) is 0.703. The number of hydrogen-bond acceptors (Lipinski definition) is 1. The Morgan fingerprint density at radius 3 is 2.47 bits per heavy atom. The Morgan fingerprint density at radius 2 is 1.68 bits per heavy atom. The van der Waals surface area contributed by atoms with Gasteiger partial charge in [0, 0.05) is 32.1 Å². The van der Waals surface area contributed by atoms with E-state index < -0.39 is 0 Å². The summed E-state index contributed by atoms with van der Waals surface area (Å²) < 4.78 is 0. The molecule has 3 aromatic rings. The van der Waals surface area contributed by atoms with Crippen molar-refractivity contribution in [2.45, 2.75) is 0 Å². The minimum atomic E-state index is -0.164. The second-order valence-corrected chi connectivity index (χ2v) is 5.07. The SMILES string of the molecule is O=c1[nH]c2ccc(Cl)cc2cc1-c1ccccc1Cl. The van der Waals surface area contributed by atoms with Gasteiger partial charge in [-0.25, -0.2) is 0 Å². The molecule has 0 saturated heterocycles. The molecule has 19 heavy (non-hydrogen) atoms. The van der Waals surface area contributed by atoms with Gasteiger partial charge in [0.2, 0.25) is 0 Å². The van der Waals surface area contributed by atoms with Crippen LogP contribution in [0.3, 0.4) is 0 Å². The van der Waals surface area contributed by atoms with E-state index in [1.165, 1.54) is 0 Å². The summed E-state index contributed by atoms with van der Waals surface area (Å²) in [7, 11) is 0. The van der Waals surface area contributed by atoms with Gasteiger partial charge in [-0.2, -0.15) is 0 Å². The fourth-order valence-electron chi connectivity index (χ4n) is 2.06. The lowest BCUT2D eigenvalue weighted by Crippen LogP contribution is -2.08. The van der Waals surface area contributed by atoms with Crippen LogP contribution in [0.5, 0.6) is 0 Å². The Labute approximate surface area is 119 Å².